The van der Waals surface area contributed by atoms with Gasteiger partial charge in [0, 0.05) is 35.1 Å². The van der Waals surface area contributed by atoms with Gasteiger partial charge in [-0.1, -0.05) is 29.8 Å². The topological polar surface area (TPSA) is 16.1 Å². The molecule has 0 saturated carbocycles. The highest BCUT2D eigenvalue weighted by Gasteiger charge is 2.15. The second-order valence-corrected chi connectivity index (χ2v) is 5.81. The van der Waals surface area contributed by atoms with Crippen LogP contribution >= 0.6 is 31.9 Å². The largest absolute Gasteiger partial charge is 0.294 e. The van der Waals surface area contributed by atoms with Crippen LogP contribution < -0.4 is 0 Å². The number of pyridine rings is 1. The summed E-state index contributed by atoms with van der Waals surface area (Å²) in [6, 6.07) is 4.80. The van der Waals surface area contributed by atoms with Crippen LogP contribution in [0.1, 0.15) is 32.4 Å². The van der Waals surface area contributed by atoms with Gasteiger partial charge in [-0.25, -0.2) is 0 Å². The summed E-state index contributed by atoms with van der Waals surface area (Å²) in [4.78, 5) is 6.95. The molecule has 17 heavy (non-hydrogen) atoms. The van der Waals surface area contributed by atoms with Crippen LogP contribution in [0.4, 0.5) is 0 Å². The molecule has 0 amide bonds. The van der Waals surface area contributed by atoms with Crippen molar-refractivity contribution in [2.45, 2.75) is 39.3 Å². The molecule has 0 fully saturated rings. The summed E-state index contributed by atoms with van der Waals surface area (Å²) in [5.74, 6) is 0. The van der Waals surface area contributed by atoms with Gasteiger partial charge in [-0.05, 0) is 40.9 Å². The lowest BCUT2D eigenvalue weighted by Crippen LogP contribution is -2.35. The first-order valence-electron chi connectivity index (χ1n) is 6.11. The maximum Gasteiger partial charge on any atom is 0.0544 e. The molecule has 0 atom stereocenters. The van der Waals surface area contributed by atoms with Crippen molar-refractivity contribution >= 4 is 31.9 Å². The third-order valence-electron chi connectivity index (χ3n) is 2.98. The molecule has 0 aliphatic rings. The smallest absolute Gasteiger partial charge is 0.0544 e. The van der Waals surface area contributed by atoms with Crippen LogP contribution in [0.15, 0.2) is 22.8 Å². The van der Waals surface area contributed by atoms with Crippen LogP contribution in [0.2, 0.25) is 0 Å². The Morgan fingerprint density at radius 1 is 1.29 bits per heavy atom. The quantitative estimate of drug-likeness (QED) is 0.674. The number of nitrogens with zero attached hydrogens (tertiary/aromatic N) is 2. The zero-order valence-electron chi connectivity index (χ0n) is 10.5. The van der Waals surface area contributed by atoms with E-state index in [4.69, 9.17) is 0 Å². The highest BCUT2D eigenvalue weighted by molar-refractivity contribution is 9.10. The predicted molar refractivity (Wildman–Crippen MR) is 80.5 cm³/mol. The van der Waals surface area contributed by atoms with E-state index in [1.807, 2.05) is 6.20 Å². The fourth-order valence-corrected chi connectivity index (χ4v) is 2.70. The lowest BCUT2D eigenvalue weighted by Gasteiger charge is -2.29. The standard InChI is InChI=1S/C13H20Br2N2/c1-3-13(4-2)17(8-7-14)10-12-6-5-11(15)9-16-12/h5-6,9,13H,3-4,7-8,10H2,1-2H3. The summed E-state index contributed by atoms with van der Waals surface area (Å²) in [6.07, 6.45) is 4.26. The molecule has 1 rings (SSSR count). The van der Waals surface area contributed by atoms with Crippen molar-refractivity contribution in [3.8, 4) is 0 Å². The summed E-state index contributed by atoms with van der Waals surface area (Å²) < 4.78 is 1.04. The van der Waals surface area contributed by atoms with E-state index < -0.39 is 0 Å². The molecule has 0 aromatic carbocycles. The molecule has 1 heterocycles. The van der Waals surface area contributed by atoms with Crippen molar-refractivity contribution in [2.24, 2.45) is 0 Å². The van der Waals surface area contributed by atoms with Gasteiger partial charge in [0.1, 0.15) is 0 Å². The van der Waals surface area contributed by atoms with Crippen molar-refractivity contribution in [1.82, 2.24) is 9.88 Å². The van der Waals surface area contributed by atoms with Gasteiger partial charge in [-0.15, -0.1) is 0 Å². The summed E-state index contributed by atoms with van der Waals surface area (Å²) in [7, 11) is 0. The van der Waals surface area contributed by atoms with E-state index >= 15 is 0 Å². The maximum atomic E-state index is 4.45. The van der Waals surface area contributed by atoms with Gasteiger partial charge < -0.3 is 0 Å². The average Bonchev–Trinajstić information content (AvgIpc) is 2.34. The Kier molecular flexibility index (Phi) is 7.32. The third kappa shape index (κ3) is 5.06. The molecule has 4 heteroatoms. The minimum Gasteiger partial charge on any atom is -0.294 e. The molecular formula is C13H20Br2N2. The second-order valence-electron chi connectivity index (χ2n) is 4.10. The van der Waals surface area contributed by atoms with Crippen LogP contribution in [0.25, 0.3) is 0 Å². The molecule has 0 saturated heterocycles. The van der Waals surface area contributed by atoms with Crippen LogP contribution in [0, 0.1) is 0 Å². The van der Waals surface area contributed by atoms with Gasteiger partial charge in [0.25, 0.3) is 0 Å². The number of aromatic nitrogens is 1. The van der Waals surface area contributed by atoms with E-state index in [0.29, 0.717) is 6.04 Å². The van der Waals surface area contributed by atoms with E-state index in [0.717, 1.165) is 28.6 Å². The Morgan fingerprint density at radius 3 is 2.47 bits per heavy atom. The van der Waals surface area contributed by atoms with Crippen molar-refractivity contribution < 1.29 is 0 Å². The summed E-state index contributed by atoms with van der Waals surface area (Å²) in [5, 5.41) is 1.01. The molecule has 0 aliphatic carbocycles. The molecule has 0 aliphatic heterocycles. The monoisotopic (exact) mass is 362 g/mol. The number of hydrogen-bond donors (Lipinski definition) is 0. The van der Waals surface area contributed by atoms with E-state index in [1.54, 1.807) is 0 Å². The Bertz CT molecular complexity index is 310. The van der Waals surface area contributed by atoms with Gasteiger partial charge in [0.05, 0.1) is 5.69 Å². The van der Waals surface area contributed by atoms with E-state index in [-0.39, 0.29) is 0 Å². The lowest BCUT2D eigenvalue weighted by atomic mass is 10.1. The maximum absolute atomic E-state index is 4.45. The highest BCUT2D eigenvalue weighted by atomic mass is 79.9. The third-order valence-corrected chi connectivity index (χ3v) is 3.81. The molecule has 0 radical (unpaired) electrons. The van der Waals surface area contributed by atoms with E-state index in [9.17, 15) is 0 Å². The molecule has 0 bridgehead atoms. The Balaban J connectivity index is 2.68. The first kappa shape index (κ1) is 15.1. The molecule has 0 unspecified atom stereocenters. The Labute approximate surface area is 121 Å². The summed E-state index contributed by atoms with van der Waals surface area (Å²) in [6.45, 7) is 6.52. The molecule has 2 nitrogen and oxygen atoms in total. The number of hydrogen-bond acceptors (Lipinski definition) is 2. The van der Waals surface area contributed by atoms with E-state index in [1.165, 1.54) is 12.8 Å². The van der Waals surface area contributed by atoms with Crippen molar-refractivity contribution in [3.05, 3.63) is 28.5 Å². The Hall–Kier alpha value is 0.0700. The van der Waals surface area contributed by atoms with E-state index in [2.05, 4.69) is 67.7 Å². The van der Waals surface area contributed by atoms with Crippen LogP contribution in [0.5, 0.6) is 0 Å². The van der Waals surface area contributed by atoms with Crippen molar-refractivity contribution in [2.75, 3.05) is 11.9 Å². The van der Waals surface area contributed by atoms with Crippen LogP contribution in [-0.2, 0) is 6.54 Å². The first-order valence-corrected chi connectivity index (χ1v) is 8.03. The second kappa shape index (κ2) is 8.22. The van der Waals surface area contributed by atoms with Gasteiger partial charge in [0.15, 0.2) is 0 Å². The van der Waals surface area contributed by atoms with Gasteiger partial charge in [-0.2, -0.15) is 0 Å². The van der Waals surface area contributed by atoms with Gasteiger partial charge in [-0.3, -0.25) is 9.88 Å². The van der Waals surface area contributed by atoms with Crippen molar-refractivity contribution in [3.63, 3.8) is 0 Å². The molecular weight excluding hydrogens is 344 g/mol. The normalized spacial score (nSPS) is 11.4. The molecule has 96 valence electrons. The number of alkyl halides is 1. The van der Waals surface area contributed by atoms with Crippen LogP contribution in [0.3, 0.4) is 0 Å². The fraction of sp³-hybridized carbons (Fsp3) is 0.615. The SMILES string of the molecule is CCC(CC)N(CCBr)Cc1ccc(Br)cn1. The molecule has 0 N–H and O–H groups in total. The molecule has 1 aromatic rings. The predicted octanol–water partition coefficient (Wildman–Crippen LogP) is 4.23. The minimum atomic E-state index is 0.651. The summed E-state index contributed by atoms with van der Waals surface area (Å²) >= 11 is 6.95. The molecule has 1 aromatic heterocycles. The number of halogens is 2. The Morgan fingerprint density at radius 2 is 2.00 bits per heavy atom. The first-order chi connectivity index (χ1) is 8.21. The summed E-state index contributed by atoms with van der Waals surface area (Å²) in [5.41, 5.74) is 1.14. The zero-order chi connectivity index (χ0) is 12.7. The van der Waals surface area contributed by atoms with Gasteiger partial charge >= 0.3 is 0 Å². The number of rotatable bonds is 7. The minimum absolute atomic E-state index is 0.651. The lowest BCUT2D eigenvalue weighted by molar-refractivity contribution is 0.187. The van der Waals surface area contributed by atoms with Gasteiger partial charge in [0.2, 0.25) is 0 Å². The average molecular weight is 364 g/mol. The van der Waals surface area contributed by atoms with Crippen LogP contribution in [-0.4, -0.2) is 27.8 Å². The molecule has 0 spiro atoms. The highest BCUT2D eigenvalue weighted by Crippen LogP contribution is 2.14. The fourth-order valence-electron chi connectivity index (χ4n) is 2.01. The zero-order valence-corrected chi connectivity index (χ0v) is 13.7. The van der Waals surface area contributed by atoms with Crippen molar-refractivity contribution in [1.29, 1.82) is 0 Å².